The summed E-state index contributed by atoms with van der Waals surface area (Å²) < 4.78 is 37.3. The fourth-order valence-corrected chi connectivity index (χ4v) is 2.60. The molecule has 2 rings (SSSR count). The van der Waals surface area contributed by atoms with Crippen LogP contribution in [0.4, 0.5) is 13.2 Å². The minimum Gasteiger partial charge on any atom is -0.327 e. The second kappa shape index (κ2) is 5.93. The predicted molar refractivity (Wildman–Crippen MR) is 73.7 cm³/mol. The second-order valence-electron chi connectivity index (χ2n) is 4.72. The first-order chi connectivity index (χ1) is 9.34. The molecule has 1 aromatic heterocycles. The Hall–Kier alpha value is -1.40. The highest BCUT2D eigenvalue weighted by atomic mass is 32.1. The normalized spacial score (nSPS) is 13.4. The highest BCUT2D eigenvalue weighted by molar-refractivity contribution is 7.09. The SMILES string of the molecule is Cc1nc(CC(N)Cc2ccc(C(F)(F)F)cc2)cs1. The summed E-state index contributed by atoms with van der Waals surface area (Å²) in [5.74, 6) is 0. The van der Waals surface area contributed by atoms with Crippen LogP contribution in [0.25, 0.3) is 0 Å². The molecule has 0 saturated heterocycles. The molecule has 0 bridgehead atoms. The molecule has 1 heterocycles. The molecule has 0 aliphatic carbocycles. The Morgan fingerprint density at radius 1 is 1.20 bits per heavy atom. The molecule has 0 aliphatic rings. The zero-order valence-corrected chi connectivity index (χ0v) is 11.8. The zero-order valence-electron chi connectivity index (χ0n) is 10.9. The Kier molecular flexibility index (Phi) is 4.45. The smallest absolute Gasteiger partial charge is 0.327 e. The Labute approximate surface area is 119 Å². The fourth-order valence-electron chi connectivity index (χ4n) is 1.98. The molecule has 108 valence electrons. The Bertz CT molecular complexity index is 561. The van der Waals surface area contributed by atoms with Gasteiger partial charge in [-0.15, -0.1) is 11.3 Å². The Morgan fingerprint density at radius 3 is 2.35 bits per heavy atom. The van der Waals surface area contributed by atoms with E-state index in [2.05, 4.69) is 4.98 Å². The van der Waals surface area contributed by atoms with Crippen molar-refractivity contribution in [3.63, 3.8) is 0 Å². The summed E-state index contributed by atoms with van der Waals surface area (Å²) in [6.45, 7) is 1.93. The maximum absolute atomic E-state index is 12.4. The topological polar surface area (TPSA) is 38.9 Å². The summed E-state index contributed by atoms with van der Waals surface area (Å²) in [6.07, 6.45) is -3.13. The standard InChI is InChI=1S/C14H15F3N2S/c1-9-19-13(8-20-9)7-12(18)6-10-2-4-11(5-3-10)14(15,16)17/h2-5,8,12H,6-7,18H2,1H3. The van der Waals surface area contributed by atoms with Crippen LogP contribution >= 0.6 is 11.3 Å². The Balaban J connectivity index is 1.96. The summed E-state index contributed by atoms with van der Waals surface area (Å²) in [6, 6.07) is 5.00. The van der Waals surface area contributed by atoms with Gasteiger partial charge in [0.15, 0.2) is 0 Å². The van der Waals surface area contributed by atoms with E-state index in [0.29, 0.717) is 12.8 Å². The molecule has 0 aliphatic heterocycles. The van der Waals surface area contributed by atoms with Crippen molar-refractivity contribution in [2.45, 2.75) is 32.0 Å². The number of nitrogens with two attached hydrogens (primary N) is 1. The van der Waals surface area contributed by atoms with Crippen LogP contribution in [0.5, 0.6) is 0 Å². The first-order valence-corrected chi connectivity index (χ1v) is 7.05. The van der Waals surface area contributed by atoms with Gasteiger partial charge in [-0.1, -0.05) is 12.1 Å². The lowest BCUT2D eigenvalue weighted by molar-refractivity contribution is -0.137. The minimum atomic E-state index is -4.29. The lowest BCUT2D eigenvalue weighted by Crippen LogP contribution is -2.25. The summed E-state index contributed by atoms with van der Waals surface area (Å²) in [5, 5.41) is 2.95. The van der Waals surface area contributed by atoms with Gasteiger partial charge in [-0.05, 0) is 31.0 Å². The largest absolute Gasteiger partial charge is 0.416 e. The van der Waals surface area contributed by atoms with Crippen LogP contribution in [0, 0.1) is 6.92 Å². The number of hydrogen-bond acceptors (Lipinski definition) is 3. The molecule has 0 amide bonds. The van der Waals surface area contributed by atoms with E-state index >= 15 is 0 Å². The molecule has 0 saturated carbocycles. The number of aromatic nitrogens is 1. The van der Waals surface area contributed by atoms with Gasteiger partial charge in [0.05, 0.1) is 16.3 Å². The van der Waals surface area contributed by atoms with Gasteiger partial charge in [0.1, 0.15) is 0 Å². The van der Waals surface area contributed by atoms with E-state index in [-0.39, 0.29) is 6.04 Å². The van der Waals surface area contributed by atoms with Crippen molar-refractivity contribution in [1.29, 1.82) is 0 Å². The number of thiazole rings is 1. The quantitative estimate of drug-likeness (QED) is 0.937. The lowest BCUT2D eigenvalue weighted by atomic mass is 10.0. The zero-order chi connectivity index (χ0) is 14.8. The number of halogens is 3. The second-order valence-corrected chi connectivity index (χ2v) is 5.78. The van der Waals surface area contributed by atoms with Gasteiger partial charge < -0.3 is 5.73 Å². The molecule has 6 heteroatoms. The monoisotopic (exact) mass is 300 g/mol. The van der Waals surface area contributed by atoms with E-state index in [9.17, 15) is 13.2 Å². The highest BCUT2D eigenvalue weighted by Crippen LogP contribution is 2.29. The third-order valence-electron chi connectivity index (χ3n) is 2.92. The van der Waals surface area contributed by atoms with Gasteiger partial charge in [-0.2, -0.15) is 13.2 Å². The fraction of sp³-hybridized carbons (Fsp3) is 0.357. The molecule has 2 nitrogen and oxygen atoms in total. The van der Waals surface area contributed by atoms with Gasteiger partial charge >= 0.3 is 6.18 Å². The summed E-state index contributed by atoms with van der Waals surface area (Å²) in [4.78, 5) is 4.33. The van der Waals surface area contributed by atoms with Gasteiger partial charge in [0.25, 0.3) is 0 Å². The van der Waals surface area contributed by atoms with Crippen LogP contribution in [0.2, 0.25) is 0 Å². The van der Waals surface area contributed by atoms with E-state index in [1.807, 2.05) is 12.3 Å². The average molecular weight is 300 g/mol. The molecule has 20 heavy (non-hydrogen) atoms. The predicted octanol–water partition coefficient (Wildman–Crippen LogP) is 3.58. The number of hydrogen-bond donors (Lipinski definition) is 1. The van der Waals surface area contributed by atoms with Crippen LogP contribution in [0.1, 0.15) is 21.8 Å². The van der Waals surface area contributed by atoms with Crippen LogP contribution in [-0.4, -0.2) is 11.0 Å². The lowest BCUT2D eigenvalue weighted by Gasteiger charge is -2.11. The number of rotatable bonds is 4. The molecular weight excluding hydrogens is 285 g/mol. The maximum atomic E-state index is 12.4. The van der Waals surface area contributed by atoms with Gasteiger partial charge in [0, 0.05) is 17.8 Å². The van der Waals surface area contributed by atoms with E-state index < -0.39 is 11.7 Å². The number of nitrogens with zero attached hydrogens (tertiary/aromatic N) is 1. The third kappa shape index (κ3) is 4.05. The van der Waals surface area contributed by atoms with Crippen LogP contribution in [-0.2, 0) is 19.0 Å². The highest BCUT2D eigenvalue weighted by Gasteiger charge is 2.29. The van der Waals surface area contributed by atoms with Crippen molar-refractivity contribution >= 4 is 11.3 Å². The van der Waals surface area contributed by atoms with Gasteiger partial charge in [-0.25, -0.2) is 4.98 Å². The van der Waals surface area contributed by atoms with Crippen LogP contribution in [0.15, 0.2) is 29.6 Å². The van der Waals surface area contributed by atoms with Gasteiger partial charge in [-0.3, -0.25) is 0 Å². The van der Waals surface area contributed by atoms with Gasteiger partial charge in [0.2, 0.25) is 0 Å². The van der Waals surface area contributed by atoms with Crippen molar-refractivity contribution < 1.29 is 13.2 Å². The molecule has 0 radical (unpaired) electrons. The van der Waals surface area contributed by atoms with Crippen molar-refractivity contribution in [1.82, 2.24) is 4.98 Å². The average Bonchev–Trinajstić information content (AvgIpc) is 2.74. The molecule has 1 unspecified atom stereocenters. The van der Waals surface area contributed by atoms with E-state index in [4.69, 9.17) is 5.73 Å². The molecule has 2 N–H and O–H groups in total. The molecule has 0 fully saturated rings. The summed E-state index contributed by atoms with van der Waals surface area (Å²) in [7, 11) is 0. The van der Waals surface area contributed by atoms with Crippen molar-refractivity contribution in [3.05, 3.63) is 51.5 Å². The van der Waals surface area contributed by atoms with Crippen LogP contribution < -0.4 is 5.73 Å². The maximum Gasteiger partial charge on any atom is 0.416 e. The van der Waals surface area contributed by atoms with E-state index in [1.165, 1.54) is 12.1 Å². The van der Waals surface area contributed by atoms with Crippen molar-refractivity contribution in [2.24, 2.45) is 5.73 Å². The first-order valence-electron chi connectivity index (χ1n) is 6.17. The molecule has 1 atom stereocenters. The number of alkyl halides is 3. The number of aryl methyl sites for hydroxylation is 1. The summed E-state index contributed by atoms with van der Waals surface area (Å²) >= 11 is 1.57. The molecular formula is C14H15F3N2S. The minimum absolute atomic E-state index is 0.145. The van der Waals surface area contributed by atoms with E-state index in [1.54, 1.807) is 11.3 Å². The third-order valence-corrected chi connectivity index (χ3v) is 3.74. The Morgan fingerprint density at radius 2 is 1.85 bits per heavy atom. The number of benzene rings is 1. The van der Waals surface area contributed by atoms with Crippen LogP contribution in [0.3, 0.4) is 0 Å². The molecule has 2 aromatic rings. The summed E-state index contributed by atoms with van der Waals surface area (Å²) in [5.41, 5.74) is 7.12. The van der Waals surface area contributed by atoms with Crippen molar-refractivity contribution in [2.75, 3.05) is 0 Å². The first kappa shape index (κ1) is 15.0. The van der Waals surface area contributed by atoms with E-state index in [0.717, 1.165) is 28.4 Å². The molecule has 1 aromatic carbocycles. The molecule has 0 spiro atoms. The van der Waals surface area contributed by atoms with Crippen molar-refractivity contribution in [3.8, 4) is 0 Å².